The van der Waals surface area contributed by atoms with Crippen LogP contribution in [0.3, 0.4) is 0 Å². The Labute approximate surface area is 92.0 Å². The first-order chi connectivity index (χ1) is 7.25. The van der Waals surface area contributed by atoms with Gasteiger partial charge in [-0.3, -0.25) is 4.79 Å². The summed E-state index contributed by atoms with van der Waals surface area (Å²) in [6, 6.07) is 1.10. The zero-order valence-corrected chi connectivity index (χ0v) is 9.75. The molecule has 0 aromatic carbocycles. The second-order valence-electron chi connectivity index (χ2n) is 4.08. The fourth-order valence-corrected chi connectivity index (χ4v) is 1.80. The predicted molar refractivity (Wildman–Crippen MR) is 61.5 cm³/mol. The Balaban J connectivity index is 0.000000531. The van der Waals surface area contributed by atoms with Crippen molar-refractivity contribution in [3.63, 3.8) is 0 Å². The van der Waals surface area contributed by atoms with E-state index in [1.807, 2.05) is 13.8 Å². The molecule has 4 heteroatoms. The predicted octanol–water partition coefficient (Wildman–Crippen LogP) is 0.371. The molecule has 1 amide bonds. The summed E-state index contributed by atoms with van der Waals surface area (Å²) in [4.78, 5) is 10.8. The van der Waals surface area contributed by atoms with E-state index in [2.05, 4.69) is 10.6 Å². The van der Waals surface area contributed by atoms with Gasteiger partial charge in [0.25, 0.3) is 0 Å². The van der Waals surface area contributed by atoms with Gasteiger partial charge in [-0.25, -0.2) is 0 Å². The van der Waals surface area contributed by atoms with Crippen molar-refractivity contribution in [1.82, 2.24) is 10.6 Å². The molecule has 88 valence electrons. The summed E-state index contributed by atoms with van der Waals surface area (Å²) in [6.07, 6.45) is 4.58. The molecular formula is C11H23N3O. The van der Waals surface area contributed by atoms with Gasteiger partial charge in [0.05, 0.1) is 6.04 Å². The minimum atomic E-state index is -0.214. The molecule has 2 rings (SSSR count). The molecule has 1 aliphatic carbocycles. The Morgan fingerprint density at radius 1 is 1.33 bits per heavy atom. The quantitative estimate of drug-likeness (QED) is 0.632. The van der Waals surface area contributed by atoms with E-state index in [1.54, 1.807) is 0 Å². The average molecular weight is 213 g/mol. The van der Waals surface area contributed by atoms with Crippen LogP contribution in [0.5, 0.6) is 0 Å². The number of primary amides is 1. The first-order valence-electron chi connectivity index (χ1n) is 6.04. The second kappa shape index (κ2) is 6.08. The molecule has 4 N–H and O–H groups in total. The van der Waals surface area contributed by atoms with E-state index in [9.17, 15) is 4.79 Å². The molecule has 0 spiro atoms. The summed E-state index contributed by atoms with van der Waals surface area (Å²) >= 11 is 0. The second-order valence-corrected chi connectivity index (χ2v) is 4.08. The van der Waals surface area contributed by atoms with Crippen molar-refractivity contribution in [3.8, 4) is 0 Å². The molecule has 0 aromatic rings. The summed E-state index contributed by atoms with van der Waals surface area (Å²) in [5.41, 5.74) is 5.21. The van der Waals surface area contributed by atoms with Crippen LogP contribution in [0.2, 0.25) is 0 Å². The van der Waals surface area contributed by atoms with Crippen LogP contribution in [0.4, 0.5) is 0 Å². The number of amides is 1. The van der Waals surface area contributed by atoms with Crippen molar-refractivity contribution in [1.29, 1.82) is 0 Å². The molecule has 0 aromatic heterocycles. The number of hydrogen-bond acceptors (Lipinski definition) is 3. The van der Waals surface area contributed by atoms with Crippen molar-refractivity contribution in [3.05, 3.63) is 0 Å². The molecule has 1 saturated carbocycles. The van der Waals surface area contributed by atoms with Gasteiger partial charge >= 0.3 is 0 Å². The number of carbonyl (C=O) groups is 1. The third-order valence-corrected chi connectivity index (χ3v) is 2.81. The largest absolute Gasteiger partial charge is 0.368 e. The maximum atomic E-state index is 10.8. The summed E-state index contributed by atoms with van der Waals surface area (Å²) in [5.74, 6) is -0.214. The molecule has 2 fully saturated rings. The SMILES string of the molecule is CC.NC(=O)C1CCC(CNC2CC2)N1. The van der Waals surface area contributed by atoms with Gasteiger partial charge in [-0.2, -0.15) is 0 Å². The Morgan fingerprint density at radius 3 is 2.47 bits per heavy atom. The normalized spacial score (nSPS) is 29.5. The van der Waals surface area contributed by atoms with Crippen LogP contribution in [0.1, 0.15) is 39.5 Å². The van der Waals surface area contributed by atoms with Crippen LogP contribution in [0.15, 0.2) is 0 Å². The highest BCUT2D eigenvalue weighted by molar-refractivity contribution is 5.80. The molecule has 0 bridgehead atoms. The van der Waals surface area contributed by atoms with Crippen LogP contribution < -0.4 is 16.4 Å². The van der Waals surface area contributed by atoms with Gasteiger partial charge in [0.1, 0.15) is 0 Å². The number of hydrogen-bond donors (Lipinski definition) is 3. The molecule has 4 nitrogen and oxygen atoms in total. The standard InChI is InChI=1S/C9H17N3O.C2H6/c10-9(13)8-4-3-7(12-8)5-11-6-1-2-6;1-2/h6-8,11-12H,1-5H2,(H2,10,13);1-2H3. The first kappa shape index (κ1) is 12.5. The van der Waals surface area contributed by atoms with Crippen LogP contribution in [0.25, 0.3) is 0 Å². The molecule has 0 radical (unpaired) electrons. The molecule has 15 heavy (non-hydrogen) atoms. The average Bonchev–Trinajstić information content (AvgIpc) is 2.95. The van der Waals surface area contributed by atoms with Crippen molar-refractivity contribution in [2.45, 2.75) is 57.7 Å². The number of nitrogens with two attached hydrogens (primary N) is 1. The molecule has 1 heterocycles. The molecule has 2 atom stereocenters. The Hall–Kier alpha value is -0.610. The van der Waals surface area contributed by atoms with Gasteiger partial charge in [0, 0.05) is 18.6 Å². The lowest BCUT2D eigenvalue weighted by Crippen LogP contribution is -2.43. The van der Waals surface area contributed by atoms with E-state index in [4.69, 9.17) is 5.73 Å². The van der Waals surface area contributed by atoms with E-state index in [1.165, 1.54) is 12.8 Å². The number of rotatable bonds is 4. The highest BCUT2D eigenvalue weighted by atomic mass is 16.1. The first-order valence-corrected chi connectivity index (χ1v) is 6.04. The van der Waals surface area contributed by atoms with E-state index >= 15 is 0 Å². The summed E-state index contributed by atoms with van der Waals surface area (Å²) in [7, 11) is 0. The lowest BCUT2D eigenvalue weighted by atomic mass is 10.2. The van der Waals surface area contributed by atoms with Crippen LogP contribution >= 0.6 is 0 Å². The van der Waals surface area contributed by atoms with E-state index in [-0.39, 0.29) is 11.9 Å². The van der Waals surface area contributed by atoms with Crippen molar-refractivity contribution < 1.29 is 4.79 Å². The van der Waals surface area contributed by atoms with E-state index in [0.29, 0.717) is 6.04 Å². The Kier molecular flexibility index (Phi) is 5.05. The summed E-state index contributed by atoms with van der Waals surface area (Å²) in [6.45, 7) is 4.98. The highest BCUT2D eigenvalue weighted by Gasteiger charge is 2.28. The molecule has 2 unspecified atom stereocenters. The van der Waals surface area contributed by atoms with Crippen LogP contribution in [-0.4, -0.2) is 30.6 Å². The fraction of sp³-hybridized carbons (Fsp3) is 0.909. The highest BCUT2D eigenvalue weighted by Crippen LogP contribution is 2.19. The van der Waals surface area contributed by atoms with Crippen molar-refractivity contribution in [2.24, 2.45) is 5.73 Å². The number of nitrogens with one attached hydrogen (secondary N) is 2. The lowest BCUT2D eigenvalue weighted by molar-refractivity contribution is -0.119. The maximum Gasteiger partial charge on any atom is 0.234 e. The van der Waals surface area contributed by atoms with Gasteiger partial charge in [-0.1, -0.05) is 13.8 Å². The molecule has 1 aliphatic heterocycles. The maximum absolute atomic E-state index is 10.8. The number of carbonyl (C=O) groups excluding carboxylic acids is 1. The van der Waals surface area contributed by atoms with Gasteiger partial charge in [0.15, 0.2) is 0 Å². The molecule has 2 aliphatic rings. The van der Waals surface area contributed by atoms with Gasteiger partial charge in [-0.05, 0) is 25.7 Å². The fourth-order valence-electron chi connectivity index (χ4n) is 1.80. The topological polar surface area (TPSA) is 67.2 Å². The van der Waals surface area contributed by atoms with Crippen LogP contribution in [0, 0.1) is 0 Å². The third kappa shape index (κ3) is 4.18. The van der Waals surface area contributed by atoms with Gasteiger partial charge in [-0.15, -0.1) is 0 Å². The van der Waals surface area contributed by atoms with Crippen molar-refractivity contribution in [2.75, 3.05) is 6.54 Å². The molecular weight excluding hydrogens is 190 g/mol. The monoisotopic (exact) mass is 213 g/mol. The zero-order chi connectivity index (χ0) is 11.3. The minimum Gasteiger partial charge on any atom is -0.368 e. The van der Waals surface area contributed by atoms with Gasteiger partial charge in [0.2, 0.25) is 5.91 Å². The van der Waals surface area contributed by atoms with Crippen LogP contribution in [-0.2, 0) is 4.79 Å². The Bertz CT molecular complexity index is 204. The van der Waals surface area contributed by atoms with E-state index in [0.717, 1.165) is 25.4 Å². The minimum absolute atomic E-state index is 0.0917. The summed E-state index contributed by atoms with van der Waals surface area (Å²) < 4.78 is 0. The van der Waals surface area contributed by atoms with Gasteiger partial charge < -0.3 is 16.4 Å². The van der Waals surface area contributed by atoms with Crippen molar-refractivity contribution >= 4 is 5.91 Å². The summed E-state index contributed by atoms with van der Waals surface area (Å²) in [5, 5.41) is 6.68. The molecule has 1 saturated heterocycles. The lowest BCUT2D eigenvalue weighted by Gasteiger charge is -2.12. The van der Waals surface area contributed by atoms with E-state index < -0.39 is 0 Å². The smallest absolute Gasteiger partial charge is 0.234 e. The third-order valence-electron chi connectivity index (χ3n) is 2.81. The zero-order valence-electron chi connectivity index (χ0n) is 9.75. The Morgan fingerprint density at radius 2 is 2.00 bits per heavy atom.